The highest BCUT2D eigenvalue weighted by molar-refractivity contribution is 6.31. The summed E-state index contributed by atoms with van der Waals surface area (Å²) in [5.74, 6) is 0. The first-order valence-corrected chi connectivity index (χ1v) is 8.51. The van der Waals surface area contributed by atoms with Crippen LogP contribution in [0.2, 0.25) is 5.02 Å². The molecule has 0 saturated heterocycles. The second kappa shape index (κ2) is 9.45. The zero-order valence-electron chi connectivity index (χ0n) is 14.1. The summed E-state index contributed by atoms with van der Waals surface area (Å²) in [5, 5.41) is 4.45. The van der Waals surface area contributed by atoms with E-state index in [1.807, 2.05) is 12.1 Å². The number of nitrogens with one attached hydrogen (secondary N) is 1. The van der Waals surface area contributed by atoms with E-state index in [0.29, 0.717) is 5.41 Å². The zero-order valence-corrected chi connectivity index (χ0v) is 14.8. The van der Waals surface area contributed by atoms with Crippen LogP contribution in [0.25, 0.3) is 0 Å². The van der Waals surface area contributed by atoms with Crippen molar-refractivity contribution in [3.8, 4) is 0 Å². The molecule has 2 nitrogen and oxygen atoms in total. The molecule has 3 heteroatoms. The van der Waals surface area contributed by atoms with Gasteiger partial charge in [0.15, 0.2) is 0 Å². The molecule has 0 bridgehead atoms. The van der Waals surface area contributed by atoms with Gasteiger partial charge in [0.1, 0.15) is 0 Å². The van der Waals surface area contributed by atoms with E-state index < -0.39 is 0 Å². The molecule has 0 aromatic heterocycles. The van der Waals surface area contributed by atoms with Crippen molar-refractivity contribution in [1.29, 1.82) is 0 Å². The Hall–Kier alpha value is -0.570. The average Bonchev–Trinajstić information content (AvgIpc) is 2.41. The minimum Gasteiger partial charge on any atom is -0.316 e. The number of benzene rings is 1. The Labute approximate surface area is 135 Å². The van der Waals surface area contributed by atoms with Crippen molar-refractivity contribution in [3.05, 3.63) is 34.9 Å². The molecular weight excluding hydrogens is 280 g/mol. The van der Waals surface area contributed by atoms with Gasteiger partial charge >= 0.3 is 0 Å². The lowest BCUT2D eigenvalue weighted by Crippen LogP contribution is -2.41. The molecule has 1 atom stereocenters. The van der Waals surface area contributed by atoms with Gasteiger partial charge in [-0.2, -0.15) is 0 Å². The fourth-order valence-corrected chi connectivity index (χ4v) is 3.21. The van der Waals surface area contributed by atoms with E-state index in [-0.39, 0.29) is 0 Å². The minimum absolute atomic E-state index is 0.319. The van der Waals surface area contributed by atoms with E-state index >= 15 is 0 Å². The molecular formula is C18H31ClN2. The van der Waals surface area contributed by atoms with Crippen LogP contribution in [-0.2, 0) is 6.54 Å². The van der Waals surface area contributed by atoms with Crippen LogP contribution < -0.4 is 5.32 Å². The van der Waals surface area contributed by atoms with E-state index in [9.17, 15) is 0 Å². The van der Waals surface area contributed by atoms with E-state index in [1.54, 1.807) is 0 Å². The van der Waals surface area contributed by atoms with Crippen LogP contribution in [0.3, 0.4) is 0 Å². The largest absolute Gasteiger partial charge is 0.316 e. The Balaban J connectivity index is 2.59. The van der Waals surface area contributed by atoms with Crippen molar-refractivity contribution in [2.75, 3.05) is 26.7 Å². The van der Waals surface area contributed by atoms with Gasteiger partial charge in [-0.3, -0.25) is 0 Å². The Bertz CT molecular complexity index is 408. The molecule has 1 unspecified atom stereocenters. The van der Waals surface area contributed by atoms with E-state index in [1.165, 1.54) is 24.8 Å². The van der Waals surface area contributed by atoms with Crippen molar-refractivity contribution < 1.29 is 0 Å². The average molecular weight is 311 g/mol. The normalized spacial score (nSPS) is 14.4. The van der Waals surface area contributed by atoms with E-state index in [2.05, 4.69) is 50.2 Å². The summed E-state index contributed by atoms with van der Waals surface area (Å²) in [6.07, 6.45) is 3.67. The molecule has 1 N–H and O–H groups in total. The van der Waals surface area contributed by atoms with Gasteiger partial charge in [0.2, 0.25) is 0 Å². The van der Waals surface area contributed by atoms with Crippen molar-refractivity contribution in [3.63, 3.8) is 0 Å². The topological polar surface area (TPSA) is 15.3 Å². The van der Waals surface area contributed by atoms with Gasteiger partial charge in [-0.1, -0.05) is 57.0 Å². The lowest BCUT2D eigenvalue weighted by atomic mass is 9.84. The van der Waals surface area contributed by atoms with Gasteiger partial charge < -0.3 is 10.2 Å². The molecule has 120 valence electrons. The first kappa shape index (κ1) is 18.5. The third-order valence-electron chi connectivity index (χ3n) is 3.88. The van der Waals surface area contributed by atoms with Gasteiger partial charge in [0, 0.05) is 24.7 Å². The summed E-state index contributed by atoms with van der Waals surface area (Å²) in [4.78, 5) is 2.39. The fraction of sp³-hybridized carbons (Fsp3) is 0.667. The fourth-order valence-electron chi connectivity index (χ4n) is 3.02. The van der Waals surface area contributed by atoms with Gasteiger partial charge in [-0.05, 0) is 43.5 Å². The second-order valence-corrected chi connectivity index (χ2v) is 6.91. The lowest BCUT2D eigenvalue weighted by molar-refractivity contribution is 0.168. The molecule has 21 heavy (non-hydrogen) atoms. The molecule has 0 radical (unpaired) electrons. The monoisotopic (exact) mass is 310 g/mol. The first-order valence-electron chi connectivity index (χ1n) is 8.13. The molecule has 0 spiro atoms. The van der Waals surface area contributed by atoms with Gasteiger partial charge in [0.25, 0.3) is 0 Å². The predicted molar refractivity (Wildman–Crippen MR) is 94.0 cm³/mol. The maximum atomic E-state index is 6.26. The summed E-state index contributed by atoms with van der Waals surface area (Å²) in [5.41, 5.74) is 1.53. The van der Waals surface area contributed by atoms with Crippen LogP contribution in [-0.4, -0.2) is 31.6 Å². The standard InChI is InChI=1S/C18H31ClN2/c1-5-11-18(3,14-20-12-6-2)15-21(4)13-16-9-7-8-10-17(16)19/h7-10,20H,5-6,11-15H2,1-4H3. The van der Waals surface area contributed by atoms with E-state index in [0.717, 1.165) is 31.2 Å². The Kier molecular flexibility index (Phi) is 8.31. The number of hydrogen-bond acceptors (Lipinski definition) is 2. The van der Waals surface area contributed by atoms with Crippen LogP contribution in [0.4, 0.5) is 0 Å². The summed E-state index contributed by atoms with van der Waals surface area (Å²) in [6.45, 7) is 11.1. The highest BCUT2D eigenvalue weighted by atomic mass is 35.5. The Morgan fingerprint density at radius 2 is 1.90 bits per heavy atom. The molecule has 0 fully saturated rings. The first-order chi connectivity index (χ1) is 10.0. The molecule has 0 aliphatic heterocycles. The molecule has 1 aromatic rings. The molecule has 0 heterocycles. The summed E-state index contributed by atoms with van der Waals surface area (Å²) in [7, 11) is 2.19. The molecule has 0 aliphatic carbocycles. The SMILES string of the molecule is CCCNCC(C)(CCC)CN(C)Cc1ccccc1Cl. The third kappa shape index (κ3) is 6.82. The lowest BCUT2D eigenvalue weighted by Gasteiger charge is -2.34. The van der Waals surface area contributed by atoms with Crippen LogP contribution in [0, 0.1) is 5.41 Å². The highest BCUT2D eigenvalue weighted by Gasteiger charge is 2.24. The van der Waals surface area contributed by atoms with Gasteiger partial charge in [-0.15, -0.1) is 0 Å². The number of rotatable bonds is 10. The van der Waals surface area contributed by atoms with E-state index in [4.69, 9.17) is 11.6 Å². The zero-order chi connectivity index (χ0) is 15.7. The maximum Gasteiger partial charge on any atom is 0.0451 e. The second-order valence-electron chi connectivity index (χ2n) is 6.50. The predicted octanol–water partition coefficient (Wildman–Crippen LogP) is 4.58. The van der Waals surface area contributed by atoms with Crippen molar-refractivity contribution in [2.24, 2.45) is 5.41 Å². The third-order valence-corrected chi connectivity index (χ3v) is 4.25. The molecule has 0 aliphatic rings. The quantitative estimate of drug-likeness (QED) is 0.636. The highest BCUT2D eigenvalue weighted by Crippen LogP contribution is 2.25. The maximum absolute atomic E-state index is 6.26. The number of hydrogen-bond donors (Lipinski definition) is 1. The van der Waals surface area contributed by atoms with Crippen LogP contribution in [0.5, 0.6) is 0 Å². The minimum atomic E-state index is 0.319. The summed E-state index contributed by atoms with van der Waals surface area (Å²) >= 11 is 6.26. The van der Waals surface area contributed by atoms with Crippen LogP contribution in [0.1, 0.15) is 45.6 Å². The molecule has 1 rings (SSSR count). The molecule has 0 saturated carbocycles. The summed E-state index contributed by atoms with van der Waals surface area (Å²) < 4.78 is 0. The smallest absolute Gasteiger partial charge is 0.0451 e. The summed E-state index contributed by atoms with van der Waals surface area (Å²) in [6, 6.07) is 8.13. The van der Waals surface area contributed by atoms with Crippen molar-refractivity contribution in [2.45, 2.75) is 46.6 Å². The number of halogens is 1. The molecule has 0 amide bonds. The van der Waals surface area contributed by atoms with Gasteiger partial charge in [-0.25, -0.2) is 0 Å². The Morgan fingerprint density at radius 1 is 1.19 bits per heavy atom. The van der Waals surface area contributed by atoms with Crippen molar-refractivity contribution in [1.82, 2.24) is 10.2 Å². The van der Waals surface area contributed by atoms with Gasteiger partial charge in [0.05, 0.1) is 0 Å². The van der Waals surface area contributed by atoms with Crippen LogP contribution >= 0.6 is 11.6 Å². The number of nitrogens with zero attached hydrogens (tertiary/aromatic N) is 1. The Morgan fingerprint density at radius 3 is 2.52 bits per heavy atom. The molecule has 1 aromatic carbocycles. The van der Waals surface area contributed by atoms with Crippen molar-refractivity contribution >= 4 is 11.6 Å². The van der Waals surface area contributed by atoms with Crippen LogP contribution in [0.15, 0.2) is 24.3 Å².